The molecule has 3 nitrogen and oxygen atoms in total. The van der Waals surface area contributed by atoms with Crippen LogP contribution in [0.25, 0.3) is 11.3 Å². The van der Waals surface area contributed by atoms with Crippen molar-refractivity contribution in [2.45, 2.75) is 6.92 Å². The summed E-state index contributed by atoms with van der Waals surface area (Å²) in [4.78, 5) is 4.35. The molecule has 0 fully saturated rings. The maximum Gasteiger partial charge on any atom is 0.141 e. The van der Waals surface area contributed by atoms with Gasteiger partial charge in [-0.25, -0.2) is 4.98 Å². The first kappa shape index (κ1) is 10.4. The summed E-state index contributed by atoms with van der Waals surface area (Å²) in [7, 11) is 0. The summed E-state index contributed by atoms with van der Waals surface area (Å²) in [5.41, 5.74) is 9.02. The van der Waals surface area contributed by atoms with Crippen LogP contribution in [0.5, 0.6) is 0 Å². The molecule has 0 atom stereocenters. The monoisotopic (exact) mass is 211 g/mol. The van der Waals surface area contributed by atoms with Crippen molar-refractivity contribution in [2.24, 2.45) is 5.73 Å². The molecule has 0 spiro atoms. The number of rotatable bonds is 2. The molecular weight excluding hydrogens is 198 g/mol. The summed E-state index contributed by atoms with van der Waals surface area (Å²) in [6, 6.07) is 13.6. The summed E-state index contributed by atoms with van der Waals surface area (Å²) in [6.07, 6.45) is 0. The second-order valence-electron chi connectivity index (χ2n) is 3.64. The van der Waals surface area contributed by atoms with E-state index >= 15 is 0 Å². The van der Waals surface area contributed by atoms with E-state index in [9.17, 15) is 0 Å². The Morgan fingerprint density at radius 3 is 2.56 bits per heavy atom. The number of aryl methyl sites for hydroxylation is 1. The van der Waals surface area contributed by atoms with E-state index in [2.05, 4.69) is 4.98 Å². The van der Waals surface area contributed by atoms with Gasteiger partial charge in [0, 0.05) is 5.56 Å². The fourth-order valence-corrected chi connectivity index (χ4v) is 1.60. The SMILES string of the molecule is Cc1ccccc1-c1cccc(C(=N)N)n1. The Morgan fingerprint density at radius 1 is 1.12 bits per heavy atom. The van der Waals surface area contributed by atoms with E-state index in [0.29, 0.717) is 5.69 Å². The molecule has 0 unspecified atom stereocenters. The highest BCUT2D eigenvalue weighted by Gasteiger charge is 2.04. The Kier molecular flexibility index (Phi) is 2.68. The van der Waals surface area contributed by atoms with E-state index in [1.807, 2.05) is 43.3 Å². The van der Waals surface area contributed by atoms with Gasteiger partial charge in [-0.3, -0.25) is 5.41 Å². The summed E-state index contributed by atoms with van der Waals surface area (Å²) < 4.78 is 0. The second-order valence-corrected chi connectivity index (χ2v) is 3.64. The number of aromatic nitrogens is 1. The number of hydrogen-bond donors (Lipinski definition) is 2. The zero-order valence-corrected chi connectivity index (χ0v) is 9.07. The van der Waals surface area contributed by atoms with Crippen LogP contribution in [0.2, 0.25) is 0 Å². The third kappa shape index (κ3) is 1.93. The Balaban J connectivity index is 2.53. The molecule has 2 aromatic rings. The molecule has 0 saturated carbocycles. The highest BCUT2D eigenvalue weighted by atomic mass is 14.8. The zero-order chi connectivity index (χ0) is 11.5. The number of hydrogen-bond acceptors (Lipinski definition) is 2. The van der Waals surface area contributed by atoms with Crippen LogP contribution in [-0.2, 0) is 0 Å². The summed E-state index contributed by atoms with van der Waals surface area (Å²) in [5, 5.41) is 7.36. The van der Waals surface area contributed by atoms with Gasteiger partial charge >= 0.3 is 0 Å². The standard InChI is InChI=1S/C13H13N3/c1-9-5-2-3-6-10(9)11-7-4-8-12(16-11)13(14)15/h2-8H,1H3,(H3,14,15). The molecule has 80 valence electrons. The maximum absolute atomic E-state index is 7.36. The third-order valence-electron chi connectivity index (χ3n) is 2.45. The average molecular weight is 211 g/mol. The lowest BCUT2D eigenvalue weighted by Gasteiger charge is -2.06. The Hall–Kier alpha value is -2.16. The van der Waals surface area contributed by atoms with Crippen LogP contribution < -0.4 is 5.73 Å². The van der Waals surface area contributed by atoms with Gasteiger partial charge in [-0.15, -0.1) is 0 Å². The molecule has 0 aliphatic rings. The lowest BCUT2D eigenvalue weighted by Crippen LogP contribution is -2.13. The van der Waals surface area contributed by atoms with Gasteiger partial charge in [-0.2, -0.15) is 0 Å². The molecule has 1 aromatic heterocycles. The van der Waals surface area contributed by atoms with E-state index in [1.54, 1.807) is 6.07 Å². The van der Waals surface area contributed by atoms with Crippen molar-refractivity contribution < 1.29 is 0 Å². The van der Waals surface area contributed by atoms with Crippen LogP contribution in [0.15, 0.2) is 42.5 Å². The third-order valence-corrected chi connectivity index (χ3v) is 2.45. The summed E-state index contributed by atoms with van der Waals surface area (Å²) in [6.45, 7) is 2.04. The van der Waals surface area contributed by atoms with Crippen LogP contribution in [0, 0.1) is 12.3 Å². The van der Waals surface area contributed by atoms with Gasteiger partial charge in [0.15, 0.2) is 0 Å². The van der Waals surface area contributed by atoms with E-state index in [1.165, 1.54) is 0 Å². The van der Waals surface area contributed by atoms with Crippen molar-refractivity contribution in [3.8, 4) is 11.3 Å². The molecule has 3 N–H and O–H groups in total. The van der Waals surface area contributed by atoms with Crippen LogP contribution in [0.4, 0.5) is 0 Å². The van der Waals surface area contributed by atoms with E-state index in [4.69, 9.17) is 11.1 Å². The van der Waals surface area contributed by atoms with Crippen LogP contribution in [-0.4, -0.2) is 10.8 Å². The van der Waals surface area contributed by atoms with Crippen molar-refractivity contribution in [2.75, 3.05) is 0 Å². The molecule has 1 heterocycles. The minimum absolute atomic E-state index is 0.00423. The van der Waals surface area contributed by atoms with E-state index < -0.39 is 0 Å². The fraction of sp³-hybridized carbons (Fsp3) is 0.0769. The van der Waals surface area contributed by atoms with Crippen LogP contribution in [0.3, 0.4) is 0 Å². The highest BCUT2D eigenvalue weighted by molar-refractivity contribution is 5.93. The molecule has 16 heavy (non-hydrogen) atoms. The average Bonchev–Trinajstić information content (AvgIpc) is 2.30. The summed E-state index contributed by atoms with van der Waals surface area (Å²) >= 11 is 0. The number of amidine groups is 1. The van der Waals surface area contributed by atoms with Crippen molar-refractivity contribution in [1.29, 1.82) is 5.41 Å². The molecular formula is C13H13N3. The smallest absolute Gasteiger partial charge is 0.141 e. The first-order valence-electron chi connectivity index (χ1n) is 5.06. The fourth-order valence-electron chi connectivity index (χ4n) is 1.60. The second kappa shape index (κ2) is 4.14. The lowest BCUT2D eigenvalue weighted by molar-refractivity contribution is 1.25. The van der Waals surface area contributed by atoms with Gasteiger partial charge in [0.05, 0.1) is 5.69 Å². The van der Waals surface area contributed by atoms with Gasteiger partial charge in [-0.1, -0.05) is 30.3 Å². The van der Waals surface area contributed by atoms with Gasteiger partial charge in [0.25, 0.3) is 0 Å². The Bertz CT molecular complexity index is 532. The number of nitrogens with zero attached hydrogens (tertiary/aromatic N) is 1. The first-order chi connectivity index (χ1) is 7.68. The molecule has 0 radical (unpaired) electrons. The zero-order valence-electron chi connectivity index (χ0n) is 9.07. The molecule has 0 aliphatic carbocycles. The number of nitrogen functional groups attached to an aromatic ring is 1. The van der Waals surface area contributed by atoms with Crippen LogP contribution in [0.1, 0.15) is 11.3 Å². The van der Waals surface area contributed by atoms with Gasteiger partial charge in [-0.05, 0) is 24.6 Å². The first-order valence-corrected chi connectivity index (χ1v) is 5.06. The molecule has 1 aromatic carbocycles. The number of pyridine rings is 1. The number of benzene rings is 1. The molecule has 0 saturated heterocycles. The lowest BCUT2D eigenvalue weighted by atomic mass is 10.1. The normalized spacial score (nSPS) is 10.1. The predicted molar refractivity (Wildman–Crippen MR) is 65.4 cm³/mol. The molecule has 2 rings (SSSR count). The number of nitrogens with one attached hydrogen (secondary N) is 1. The predicted octanol–water partition coefficient (Wildman–Crippen LogP) is 2.34. The van der Waals surface area contributed by atoms with Crippen molar-refractivity contribution in [3.05, 3.63) is 53.7 Å². The Morgan fingerprint density at radius 2 is 1.88 bits per heavy atom. The molecule has 0 amide bonds. The van der Waals surface area contributed by atoms with E-state index in [0.717, 1.165) is 16.8 Å². The molecule has 3 heteroatoms. The van der Waals surface area contributed by atoms with Crippen molar-refractivity contribution in [3.63, 3.8) is 0 Å². The maximum atomic E-state index is 7.36. The highest BCUT2D eigenvalue weighted by Crippen LogP contribution is 2.20. The number of nitrogens with two attached hydrogens (primary N) is 1. The molecule has 0 bridgehead atoms. The minimum Gasteiger partial charge on any atom is -0.382 e. The van der Waals surface area contributed by atoms with Gasteiger partial charge < -0.3 is 5.73 Å². The topological polar surface area (TPSA) is 62.8 Å². The van der Waals surface area contributed by atoms with Crippen LogP contribution >= 0.6 is 0 Å². The Labute approximate surface area is 94.5 Å². The molecule has 0 aliphatic heterocycles. The van der Waals surface area contributed by atoms with E-state index in [-0.39, 0.29) is 5.84 Å². The quantitative estimate of drug-likeness (QED) is 0.591. The minimum atomic E-state index is -0.00423. The van der Waals surface area contributed by atoms with Gasteiger partial charge in [0.2, 0.25) is 0 Å². The van der Waals surface area contributed by atoms with Crippen molar-refractivity contribution in [1.82, 2.24) is 4.98 Å². The summed E-state index contributed by atoms with van der Waals surface area (Å²) in [5.74, 6) is -0.00423. The van der Waals surface area contributed by atoms with Crippen molar-refractivity contribution >= 4 is 5.84 Å². The largest absolute Gasteiger partial charge is 0.382 e. The van der Waals surface area contributed by atoms with Gasteiger partial charge in [0.1, 0.15) is 11.5 Å².